The van der Waals surface area contributed by atoms with Gasteiger partial charge < -0.3 is 14.7 Å². The van der Waals surface area contributed by atoms with Gasteiger partial charge in [0.2, 0.25) is 0 Å². The van der Waals surface area contributed by atoms with E-state index in [1.54, 1.807) is 12.1 Å². The van der Waals surface area contributed by atoms with E-state index in [2.05, 4.69) is 0 Å². The molecule has 1 heterocycles. The summed E-state index contributed by atoms with van der Waals surface area (Å²) in [5, 5.41) is 9.24. The molecule has 3 heteroatoms. The Morgan fingerprint density at radius 2 is 2.33 bits per heavy atom. The van der Waals surface area contributed by atoms with Crippen LogP contribution in [0.3, 0.4) is 0 Å². The topological polar surface area (TPSA) is 32.7 Å². The molecule has 0 amide bonds. The number of anilines is 1. The van der Waals surface area contributed by atoms with Gasteiger partial charge in [0.1, 0.15) is 12.5 Å². The van der Waals surface area contributed by atoms with Crippen molar-refractivity contribution in [3.63, 3.8) is 0 Å². The van der Waals surface area contributed by atoms with E-state index in [9.17, 15) is 5.11 Å². The summed E-state index contributed by atoms with van der Waals surface area (Å²) in [6.45, 7) is 1.23. The average molecular weight is 165 g/mol. The van der Waals surface area contributed by atoms with Crippen molar-refractivity contribution in [2.75, 3.05) is 18.7 Å². The van der Waals surface area contributed by atoms with Crippen LogP contribution in [0, 0.1) is 0 Å². The third-order valence-electron chi connectivity index (χ3n) is 2.02. The third kappa shape index (κ3) is 1.12. The molecule has 1 aromatic rings. The van der Waals surface area contributed by atoms with E-state index in [1.165, 1.54) is 0 Å². The fraction of sp³-hybridized carbons (Fsp3) is 0.333. The average Bonchev–Trinajstić information content (AvgIpc) is 2.07. The van der Waals surface area contributed by atoms with Crippen molar-refractivity contribution in [3.05, 3.63) is 23.8 Å². The first-order valence-corrected chi connectivity index (χ1v) is 3.88. The molecule has 1 N–H and O–H groups in total. The Morgan fingerprint density at radius 3 is 3.17 bits per heavy atom. The molecule has 0 atom stereocenters. The van der Waals surface area contributed by atoms with Gasteiger partial charge in [-0.25, -0.2) is 0 Å². The monoisotopic (exact) mass is 165 g/mol. The summed E-state index contributed by atoms with van der Waals surface area (Å²) >= 11 is 0. The molecule has 0 aromatic heterocycles. The molecule has 0 bridgehead atoms. The van der Waals surface area contributed by atoms with Crippen molar-refractivity contribution in [1.82, 2.24) is 0 Å². The maximum Gasteiger partial charge on any atom is 0.119 e. The minimum atomic E-state index is 0.308. The Kier molecular flexibility index (Phi) is 1.66. The molecular formula is C9H11NO2. The first-order valence-electron chi connectivity index (χ1n) is 3.88. The van der Waals surface area contributed by atoms with Crippen LogP contribution in [-0.2, 0) is 11.3 Å². The van der Waals surface area contributed by atoms with Crippen LogP contribution in [0.15, 0.2) is 18.2 Å². The van der Waals surface area contributed by atoms with E-state index >= 15 is 0 Å². The Hall–Kier alpha value is -1.22. The van der Waals surface area contributed by atoms with Gasteiger partial charge in [-0.2, -0.15) is 0 Å². The number of aromatic hydroxyl groups is 1. The van der Waals surface area contributed by atoms with E-state index in [0.29, 0.717) is 19.1 Å². The number of hydrogen-bond donors (Lipinski definition) is 1. The van der Waals surface area contributed by atoms with Crippen LogP contribution in [-0.4, -0.2) is 18.9 Å². The minimum absolute atomic E-state index is 0.308. The number of benzene rings is 1. The Bertz CT molecular complexity index is 299. The summed E-state index contributed by atoms with van der Waals surface area (Å²) in [6.07, 6.45) is 0. The number of nitrogens with zero attached hydrogens (tertiary/aromatic N) is 1. The highest BCUT2D eigenvalue weighted by molar-refractivity contribution is 5.56. The Morgan fingerprint density at radius 1 is 1.50 bits per heavy atom. The van der Waals surface area contributed by atoms with Gasteiger partial charge in [-0.15, -0.1) is 0 Å². The van der Waals surface area contributed by atoms with Crippen LogP contribution in [0.4, 0.5) is 5.69 Å². The van der Waals surface area contributed by atoms with Gasteiger partial charge in [0, 0.05) is 24.4 Å². The quantitative estimate of drug-likeness (QED) is 0.629. The fourth-order valence-corrected chi connectivity index (χ4v) is 1.39. The van der Waals surface area contributed by atoms with E-state index in [1.807, 2.05) is 18.0 Å². The number of phenols is 1. The molecule has 0 spiro atoms. The summed E-state index contributed by atoms with van der Waals surface area (Å²) in [5.74, 6) is 0.308. The number of hydrogen-bond acceptors (Lipinski definition) is 3. The molecule has 0 fully saturated rings. The summed E-state index contributed by atoms with van der Waals surface area (Å²) in [5.41, 5.74) is 2.18. The maximum absolute atomic E-state index is 9.24. The number of fused-ring (bicyclic) bond motifs is 1. The van der Waals surface area contributed by atoms with Gasteiger partial charge in [0.15, 0.2) is 0 Å². The lowest BCUT2D eigenvalue weighted by Gasteiger charge is -2.27. The predicted molar refractivity (Wildman–Crippen MR) is 46.2 cm³/mol. The first kappa shape index (κ1) is 7.43. The highest BCUT2D eigenvalue weighted by atomic mass is 16.5. The van der Waals surface area contributed by atoms with Crippen molar-refractivity contribution in [2.24, 2.45) is 0 Å². The van der Waals surface area contributed by atoms with Crippen LogP contribution in [0.1, 0.15) is 5.56 Å². The summed E-state index contributed by atoms with van der Waals surface area (Å²) < 4.78 is 5.29. The van der Waals surface area contributed by atoms with Gasteiger partial charge in [0.05, 0.1) is 6.61 Å². The molecule has 0 unspecified atom stereocenters. The highest BCUT2D eigenvalue weighted by Crippen LogP contribution is 2.27. The zero-order valence-corrected chi connectivity index (χ0v) is 6.95. The smallest absolute Gasteiger partial charge is 0.119 e. The highest BCUT2D eigenvalue weighted by Gasteiger charge is 2.13. The molecule has 12 heavy (non-hydrogen) atoms. The van der Waals surface area contributed by atoms with Crippen molar-refractivity contribution < 1.29 is 9.84 Å². The van der Waals surface area contributed by atoms with E-state index in [-0.39, 0.29) is 0 Å². The predicted octanol–water partition coefficient (Wildman–Crippen LogP) is 1.32. The van der Waals surface area contributed by atoms with Crippen molar-refractivity contribution in [3.8, 4) is 5.75 Å². The summed E-state index contributed by atoms with van der Waals surface area (Å²) in [7, 11) is 1.94. The molecule has 0 aliphatic carbocycles. The first-order chi connectivity index (χ1) is 5.77. The van der Waals surface area contributed by atoms with E-state index in [4.69, 9.17) is 4.74 Å². The molecule has 2 rings (SSSR count). The lowest BCUT2D eigenvalue weighted by Crippen LogP contribution is -2.26. The van der Waals surface area contributed by atoms with E-state index < -0.39 is 0 Å². The third-order valence-corrected chi connectivity index (χ3v) is 2.02. The maximum atomic E-state index is 9.24. The van der Waals surface area contributed by atoms with Crippen molar-refractivity contribution >= 4 is 5.69 Å². The van der Waals surface area contributed by atoms with Crippen LogP contribution < -0.4 is 4.90 Å². The second-order valence-electron chi connectivity index (χ2n) is 2.99. The summed E-state index contributed by atoms with van der Waals surface area (Å²) in [6, 6.07) is 5.33. The van der Waals surface area contributed by atoms with E-state index in [0.717, 1.165) is 11.3 Å². The van der Waals surface area contributed by atoms with Crippen molar-refractivity contribution in [1.29, 1.82) is 0 Å². The molecule has 1 aliphatic heterocycles. The minimum Gasteiger partial charge on any atom is -0.508 e. The molecule has 0 saturated carbocycles. The van der Waals surface area contributed by atoms with Gasteiger partial charge in [-0.1, -0.05) is 6.07 Å². The molecule has 1 aliphatic rings. The lowest BCUT2D eigenvalue weighted by molar-refractivity contribution is 0.113. The van der Waals surface area contributed by atoms with Gasteiger partial charge in [0.25, 0.3) is 0 Å². The molecule has 0 saturated heterocycles. The van der Waals surface area contributed by atoms with Crippen LogP contribution in [0.2, 0.25) is 0 Å². The Labute approximate surface area is 71.2 Å². The van der Waals surface area contributed by atoms with Gasteiger partial charge >= 0.3 is 0 Å². The standard InChI is InChI=1S/C9H11NO2/c1-10-6-12-5-7-2-3-8(11)4-9(7)10/h2-4,11H,5-6H2,1H3. The normalized spacial score (nSPS) is 15.9. The number of ether oxygens (including phenoxy) is 1. The molecular weight excluding hydrogens is 154 g/mol. The zero-order chi connectivity index (χ0) is 8.55. The summed E-state index contributed by atoms with van der Waals surface area (Å²) in [4.78, 5) is 1.97. The number of phenolic OH excluding ortho intramolecular Hbond substituents is 1. The Balaban J connectivity index is 2.47. The largest absolute Gasteiger partial charge is 0.508 e. The van der Waals surface area contributed by atoms with Crippen molar-refractivity contribution in [2.45, 2.75) is 6.61 Å². The van der Waals surface area contributed by atoms with Gasteiger partial charge in [-0.3, -0.25) is 0 Å². The number of rotatable bonds is 0. The second kappa shape index (κ2) is 2.68. The van der Waals surface area contributed by atoms with Crippen LogP contribution >= 0.6 is 0 Å². The SMILES string of the molecule is CN1COCc2ccc(O)cc21. The molecule has 3 nitrogen and oxygen atoms in total. The zero-order valence-electron chi connectivity index (χ0n) is 6.95. The second-order valence-corrected chi connectivity index (χ2v) is 2.99. The fourth-order valence-electron chi connectivity index (χ4n) is 1.39. The van der Waals surface area contributed by atoms with Crippen LogP contribution in [0.5, 0.6) is 5.75 Å². The van der Waals surface area contributed by atoms with Crippen LogP contribution in [0.25, 0.3) is 0 Å². The lowest BCUT2D eigenvalue weighted by atomic mass is 10.1. The molecule has 0 radical (unpaired) electrons. The van der Waals surface area contributed by atoms with Gasteiger partial charge in [-0.05, 0) is 6.07 Å². The molecule has 1 aromatic carbocycles. The molecule has 64 valence electrons.